The number of carbonyl (C=O) groups is 1. The molecule has 0 aromatic heterocycles. The van der Waals surface area contributed by atoms with Gasteiger partial charge in [0.2, 0.25) is 0 Å². The molecule has 0 saturated heterocycles. The average Bonchev–Trinajstić information content (AvgIpc) is 2.19. The summed E-state index contributed by atoms with van der Waals surface area (Å²) < 4.78 is 0. The first-order chi connectivity index (χ1) is 7.02. The van der Waals surface area contributed by atoms with Gasteiger partial charge in [-0.1, -0.05) is 12.1 Å². The molecule has 0 saturated carbocycles. The van der Waals surface area contributed by atoms with Gasteiger partial charge in [-0.2, -0.15) is 0 Å². The Morgan fingerprint density at radius 3 is 2.73 bits per heavy atom. The van der Waals surface area contributed by atoms with Crippen molar-refractivity contribution in [3.8, 4) is 0 Å². The number of anilines is 1. The largest absolute Gasteiger partial charge is 0.399 e. The van der Waals surface area contributed by atoms with Crippen molar-refractivity contribution >= 4 is 11.7 Å². The highest BCUT2D eigenvalue weighted by molar-refractivity contribution is 5.73. The molecular weight excluding hydrogens is 190 g/mol. The summed E-state index contributed by atoms with van der Waals surface area (Å²) in [5, 5.41) is 2.80. The minimum Gasteiger partial charge on any atom is -0.399 e. The smallest absolute Gasteiger partial charge is 0.317 e. The lowest BCUT2D eigenvalue weighted by Crippen LogP contribution is -2.34. The highest BCUT2D eigenvalue weighted by Crippen LogP contribution is 2.14. The van der Waals surface area contributed by atoms with E-state index in [0.717, 1.165) is 16.8 Å². The molecule has 0 aliphatic carbocycles. The van der Waals surface area contributed by atoms with Crippen molar-refractivity contribution in [2.45, 2.75) is 13.5 Å². The van der Waals surface area contributed by atoms with Crippen molar-refractivity contribution in [2.24, 2.45) is 0 Å². The van der Waals surface area contributed by atoms with Gasteiger partial charge >= 0.3 is 6.03 Å². The lowest BCUT2D eigenvalue weighted by molar-refractivity contribution is 0.217. The molecule has 0 spiro atoms. The van der Waals surface area contributed by atoms with Crippen LogP contribution in [0.15, 0.2) is 18.2 Å². The van der Waals surface area contributed by atoms with E-state index in [0.29, 0.717) is 6.54 Å². The van der Waals surface area contributed by atoms with Gasteiger partial charge in [-0.05, 0) is 24.1 Å². The zero-order valence-electron chi connectivity index (χ0n) is 9.37. The van der Waals surface area contributed by atoms with E-state index in [1.54, 1.807) is 14.1 Å². The Labute approximate surface area is 90.1 Å². The molecule has 0 radical (unpaired) electrons. The standard InChI is InChI=1S/C11H17N3O/c1-8-9(5-4-6-10(8)12)7-13-11(15)14(2)3/h4-6H,7,12H2,1-3H3,(H,13,15). The molecule has 0 bridgehead atoms. The molecule has 0 aliphatic rings. The van der Waals surface area contributed by atoms with E-state index in [1.807, 2.05) is 25.1 Å². The van der Waals surface area contributed by atoms with Crippen LogP contribution in [0.2, 0.25) is 0 Å². The number of nitrogens with one attached hydrogen (secondary N) is 1. The molecule has 1 aromatic rings. The van der Waals surface area contributed by atoms with Gasteiger partial charge in [0, 0.05) is 26.3 Å². The number of hydrogen-bond donors (Lipinski definition) is 2. The maximum atomic E-state index is 11.3. The van der Waals surface area contributed by atoms with Crippen LogP contribution < -0.4 is 11.1 Å². The Kier molecular flexibility index (Phi) is 3.55. The molecule has 2 amide bonds. The highest BCUT2D eigenvalue weighted by Gasteiger charge is 2.05. The van der Waals surface area contributed by atoms with Crippen molar-refractivity contribution in [3.05, 3.63) is 29.3 Å². The van der Waals surface area contributed by atoms with Gasteiger partial charge in [-0.25, -0.2) is 4.79 Å². The lowest BCUT2D eigenvalue weighted by Gasteiger charge is -2.13. The molecule has 4 heteroatoms. The predicted octanol–water partition coefficient (Wildman–Crippen LogP) is 1.35. The maximum absolute atomic E-state index is 11.3. The Morgan fingerprint density at radius 2 is 2.13 bits per heavy atom. The topological polar surface area (TPSA) is 58.4 Å². The van der Waals surface area contributed by atoms with Gasteiger partial charge in [0.25, 0.3) is 0 Å². The first-order valence-electron chi connectivity index (χ1n) is 4.81. The zero-order chi connectivity index (χ0) is 11.4. The van der Waals surface area contributed by atoms with Crippen molar-refractivity contribution in [2.75, 3.05) is 19.8 Å². The summed E-state index contributed by atoms with van der Waals surface area (Å²) in [6.45, 7) is 2.46. The van der Waals surface area contributed by atoms with Crippen molar-refractivity contribution in [1.82, 2.24) is 10.2 Å². The fourth-order valence-corrected chi connectivity index (χ4v) is 1.22. The number of nitrogen functional groups attached to an aromatic ring is 1. The summed E-state index contributed by atoms with van der Waals surface area (Å²) in [4.78, 5) is 12.8. The van der Waals surface area contributed by atoms with E-state index in [1.165, 1.54) is 4.90 Å². The molecule has 1 rings (SSSR count). The number of nitrogens with zero attached hydrogens (tertiary/aromatic N) is 1. The third kappa shape index (κ3) is 2.87. The maximum Gasteiger partial charge on any atom is 0.317 e. The first-order valence-corrected chi connectivity index (χ1v) is 4.81. The minimum atomic E-state index is -0.100. The monoisotopic (exact) mass is 207 g/mol. The van der Waals surface area contributed by atoms with E-state index in [9.17, 15) is 4.79 Å². The quantitative estimate of drug-likeness (QED) is 0.719. The second-order valence-electron chi connectivity index (χ2n) is 3.68. The number of benzene rings is 1. The second-order valence-corrected chi connectivity index (χ2v) is 3.68. The van der Waals surface area contributed by atoms with Crippen LogP contribution in [0.5, 0.6) is 0 Å². The van der Waals surface area contributed by atoms with Crippen molar-refractivity contribution in [3.63, 3.8) is 0 Å². The summed E-state index contributed by atoms with van der Waals surface area (Å²) in [5.74, 6) is 0. The number of urea groups is 1. The van der Waals surface area contributed by atoms with E-state index in [-0.39, 0.29) is 6.03 Å². The molecule has 0 aliphatic heterocycles. The number of rotatable bonds is 2. The molecule has 1 aromatic carbocycles. The van der Waals surface area contributed by atoms with Gasteiger partial charge in [0.05, 0.1) is 0 Å². The van der Waals surface area contributed by atoms with Gasteiger partial charge in [0.15, 0.2) is 0 Å². The fraction of sp³-hybridized carbons (Fsp3) is 0.364. The molecule has 0 fully saturated rings. The average molecular weight is 207 g/mol. The van der Waals surface area contributed by atoms with E-state index < -0.39 is 0 Å². The Hall–Kier alpha value is -1.71. The normalized spacial score (nSPS) is 9.80. The second kappa shape index (κ2) is 4.68. The minimum absolute atomic E-state index is 0.100. The van der Waals surface area contributed by atoms with Crippen molar-refractivity contribution in [1.29, 1.82) is 0 Å². The van der Waals surface area contributed by atoms with Crippen LogP contribution in [0.1, 0.15) is 11.1 Å². The molecular formula is C11H17N3O. The third-order valence-electron chi connectivity index (χ3n) is 2.32. The molecule has 0 atom stereocenters. The first kappa shape index (κ1) is 11.4. The molecule has 0 unspecified atom stereocenters. The van der Waals surface area contributed by atoms with Gasteiger partial charge in [0.1, 0.15) is 0 Å². The number of nitrogens with two attached hydrogens (primary N) is 1. The Morgan fingerprint density at radius 1 is 1.47 bits per heavy atom. The lowest BCUT2D eigenvalue weighted by atomic mass is 10.1. The van der Waals surface area contributed by atoms with Crippen LogP contribution in [-0.2, 0) is 6.54 Å². The summed E-state index contributed by atoms with van der Waals surface area (Å²) in [7, 11) is 3.42. The number of carbonyl (C=O) groups excluding carboxylic acids is 1. The van der Waals surface area contributed by atoms with E-state index in [2.05, 4.69) is 5.32 Å². The van der Waals surface area contributed by atoms with E-state index in [4.69, 9.17) is 5.73 Å². The predicted molar refractivity (Wildman–Crippen MR) is 61.5 cm³/mol. The van der Waals surface area contributed by atoms with Crippen LogP contribution in [0, 0.1) is 6.92 Å². The summed E-state index contributed by atoms with van der Waals surface area (Å²) >= 11 is 0. The number of hydrogen-bond acceptors (Lipinski definition) is 2. The van der Waals surface area contributed by atoms with Crippen LogP contribution in [0.25, 0.3) is 0 Å². The fourth-order valence-electron chi connectivity index (χ4n) is 1.22. The Balaban J connectivity index is 2.66. The van der Waals surface area contributed by atoms with Gasteiger partial charge in [-0.3, -0.25) is 0 Å². The van der Waals surface area contributed by atoms with Gasteiger partial charge in [-0.15, -0.1) is 0 Å². The zero-order valence-corrected chi connectivity index (χ0v) is 9.37. The van der Waals surface area contributed by atoms with Crippen LogP contribution in [0.3, 0.4) is 0 Å². The summed E-state index contributed by atoms with van der Waals surface area (Å²) in [5.41, 5.74) is 8.59. The van der Waals surface area contributed by atoms with E-state index >= 15 is 0 Å². The van der Waals surface area contributed by atoms with Crippen LogP contribution >= 0.6 is 0 Å². The van der Waals surface area contributed by atoms with Crippen LogP contribution in [0.4, 0.5) is 10.5 Å². The third-order valence-corrected chi connectivity index (χ3v) is 2.32. The Bertz CT molecular complexity index is 361. The highest BCUT2D eigenvalue weighted by atomic mass is 16.2. The molecule has 3 N–H and O–H groups in total. The SMILES string of the molecule is Cc1c(N)cccc1CNC(=O)N(C)C. The van der Waals surface area contributed by atoms with Crippen LogP contribution in [-0.4, -0.2) is 25.0 Å². The molecule has 82 valence electrons. The van der Waals surface area contributed by atoms with Crippen molar-refractivity contribution < 1.29 is 4.79 Å². The molecule has 15 heavy (non-hydrogen) atoms. The summed E-state index contributed by atoms with van der Waals surface area (Å²) in [6, 6.07) is 5.60. The molecule has 0 heterocycles. The molecule has 4 nitrogen and oxygen atoms in total. The van der Waals surface area contributed by atoms with Gasteiger partial charge < -0.3 is 16.0 Å². The summed E-state index contributed by atoms with van der Waals surface area (Å²) in [6.07, 6.45) is 0. The number of amides is 2.